The van der Waals surface area contributed by atoms with Crippen LogP contribution in [-0.2, 0) is 9.53 Å². The fraction of sp³-hybridized carbons (Fsp3) is 0.900. The second kappa shape index (κ2) is 8.68. The summed E-state index contributed by atoms with van der Waals surface area (Å²) in [5, 5.41) is -0.215. The number of alkyl halides is 4. The molecular weight excluding hydrogens is 294 g/mol. The second-order valence-electron chi connectivity index (χ2n) is 3.54. The van der Waals surface area contributed by atoms with Gasteiger partial charge < -0.3 is 4.74 Å². The lowest BCUT2D eigenvalue weighted by molar-refractivity contribution is -0.142. The summed E-state index contributed by atoms with van der Waals surface area (Å²) in [4.78, 5) is 11.1. The molecule has 0 saturated heterocycles. The van der Waals surface area contributed by atoms with Crippen LogP contribution in [0.1, 0.15) is 39.0 Å². The fourth-order valence-corrected chi connectivity index (χ4v) is 1.50. The number of hydrogen-bond donors (Lipinski definition) is 0. The monoisotopic (exact) mass is 308 g/mol. The van der Waals surface area contributed by atoms with Crippen molar-refractivity contribution in [2.45, 2.75) is 48.2 Å². The van der Waals surface area contributed by atoms with Gasteiger partial charge in [0.05, 0.1) is 5.38 Å². The molecule has 0 amide bonds. The van der Waals surface area contributed by atoms with Crippen LogP contribution in [0.15, 0.2) is 0 Å². The van der Waals surface area contributed by atoms with E-state index in [9.17, 15) is 4.79 Å². The third-order valence-electron chi connectivity index (χ3n) is 2.00. The zero-order chi connectivity index (χ0) is 12.6. The van der Waals surface area contributed by atoms with Crippen molar-refractivity contribution in [1.29, 1.82) is 0 Å². The first-order valence-corrected chi connectivity index (χ1v) is 6.83. The zero-order valence-electron chi connectivity index (χ0n) is 9.15. The number of rotatable bonds is 7. The van der Waals surface area contributed by atoms with Crippen molar-refractivity contribution in [2.24, 2.45) is 0 Å². The van der Waals surface area contributed by atoms with Crippen LogP contribution in [0.2, 0.25) is 0 Å². The first-order valence-electron chi connectivity index (χ1n) is 5.26. The molecule has 0 aliphatic carbocycles. The lowest BCUT2D eigenvalue weighted by atomic mass is 10.1. The third-order valence-corrected chi connectivity index (χ3v) is 2.80. The predicted octanol–water partition coefficient (Wildman–Crippen LogP) is 4.48. The molecule has 0 aromatic rings. The van der Waals surface area contributed by atoms with Gasteiger partial charge in [-0.1, -0.05) is 67.4 Å². The summed E-state index contributed by atoms with van der Waals surface area (Å²) in [6.07, 6.45) is 5.33. The number of ether oxygens (including phenoxy) is 1. The predicted molar refractivity (Wildman–Crippen MR) is 69.6 cm³/mol. The van der Waals surface area contributed by atoms with E-state index in [1.165, 1.54) is 12.8 Å². The van der Waals surface area contributed by atoms with Crippen LogP contribution >= 0.6 is 46.4 Å². The van der Waals surface area contributed by atoms with Crippen LogP contribution in [0, 0.1) is 0 Å². The van der Waals surface area contributed by atoms with Crippen LogP contribution < -0.4 is 0 Å². The average Bonchev–Trinajstić information content (AvgIpc) is 2.19. The topological polar surface area (TPSA) is 26.3 Å². The molecule has 0 aromatic heterocycles. The van der Waals surface area contributed by atoms with Crippen LogP contribution in [0.3, 0.4) is 0 Å². The van der Waals surface area contributed by atoms with E-state index in [1.807, 2.05) is 0 Å². The molecule has 1 unspecified atom stereocenters. The van der Waals surface area contributed by atoms with E-state index in [4.69, 9.17) is 51.1 Å². The van der Waals surface area contributed by atoms with Gasteiger partial charge in [-0.3, -0.25) is 0 Å². The van der Waals surface area contributed by atoms with Gasteiger partial charge in [0.25, 0.3) is 3.79 Å². The maximum absolute atomic E-state index is 11.1. The Labute approximate surface area is 117 Å². The third kappa shape index (κ3) is 8.74. The Morgan fingerprint density at radius 2 is 1.88 bits per heavy atom. The van der Waals surface area contributed by atoms with Crippen molar-refractivity contribution in [1.82, 2.24) is 0 Å². The maximum Gasteiger partial charge on any atom is 0.358 e. The number of carbonyl (C=O) groups excluding carboxylic acids is 1. The maximum atomic E-state index is 11.1. The fourth-order valence-electron chi connectivity index (χ4n) is 1.12. The molecular formula is C10H16Cl4O2. The van der Waals surface area contributed by atoms with Crippen molar-refractivity contribution in [3.63, 3.8) is 0 Å². The van der Waals surface area contributed by atoms with Crippen molar-refractivity contribution in [3.05, 3.63) is 0 Å². The molecule has 0 spiro atoms. The minimum absolute atomic E-state index is 0.0838. The van der Waals surface area contributed by atoms with Gasteiger partial charge in [-0.05, 0) is 6.42 Å². The summed E-state index contributed by atoms with van der Waals surface area (Å²) in [5.41, 5.74) is 0. The van der Waals surface area contributed by atoms with Gasteiger partial charge in [-0.25, -0.2) is 4.79 Å². The Morgan fingerprint density at radius 3 is 2.38 bits per heavy atom. The van der Waals surface area contributed by atoms with E-state index in [0.29, 0.717) is 0 Å². The molecule has 0 fully saturated rings. The van der Waals surface area contributed by atoms with Gasteiger partial charge in [0.1, 0.15) is 6.61 Å². The minimum atomic E-state index is -2.02. The molecule has 96 valence electrons. The Hall–Kier alpha value is 0.630. The minimum Gasteiger partial charge on any atom is -0.461 e. The number of unbranched alkanes of at least 4 members (excludes halogenated alkanes) is 3. The highest BCUT2D eigenvalue weighted by molar-refractivity contribution is 6.75. The molecule has 0 radical (unpaired) electrons. The van der Waals surface area contributed by atoms with Gasteiger partial charge in [0, 0.05) is 0 Å². The molecule has 0 heterocycles. The molecule has 0 aromatic carbocycles. The van der Waals surface area contributed by atoms with Crippen molar-refractivity contribution >= 4 is 52.4 Å². The van der Waals surface area contributed by atoms with Gasteiger partial charge in [0.2, 0.25) is 0 Å². The van der Waals surface area contributed by atoms with Crippen LogP contribution in [0.4, 0.5) is 0 Å². The molecule has 6 heteroatoms. The standard InChI is InChI=1S/C10H16Cl4O2/c1-2-3-4-5-6-8(11)7-16-9(15)10(12,13)14/h8H,2-7H2,1H3. The van der Waals surface area contributed by atoms with E-state index in [-0.39, 0.29) is 12.0 Å². The quantitative estimate of drug-likeness (QED) is 0.394. The van der Waals surface area contributed by atoms with E-state index < -0.39 is 9.76 Å². The zero-order valence-corrected chi connectivity index (χ0v) is 12.2. The van der Waals surface area contributed by atoms with Gasteiger partial charge in [-0.2, -0.15) is 0 Å². The molecule has 0 rings (SSSR count). The number of halogens is 4. The van der Waals surface area contributed by atoms with Crippen LogP contribution in [-0.4, -0.2) is 21.7 Å². The summed E-state index contributed by atoms with van der Waals surface area (Å²) < 4.78 is 2.74. The van der Waals surface area contributed by atoms with Crippen LogP contribution in [0.25, 0.3) is 0 Å². The molecule has 1 atom stereocenters. The summed E-state index contributed by atoms with van der Waals surface area (Å²) in [6.45, 7) is 2.22. The summed E-state index contributed by atoms with van der Waals surface area (Å²) in [7, 11) is 0. The molecule has 0 N–H and O–H groups in total. The Kier molecular flexibility index (Phi) is 9.02. The number of carbonyl (C=O) groups is 1. The molecule has 0 aliphatic rings. The van der Waals surface area contributed by atoms with E-state index in [1.54, 1.807) is 0 Å². The van der Waals surface area contributed by atoms with E-state index in [2.05, 4.69) is 6.92 Å². The summed E-state index contributed by atoms with van der Waals surface area (Å²) >= 11 is 21.9. The SMILES string of the molecule is CCCCCCC(Cl)COC(=O)C(Cl)(Cl)Cl. The Morgan fingerprint density at radius 1 is 1.25 bits per heavy atom. The van der Waals surface area contributed by atoms with Gasteiger partial charge in [0.15, 0.2) is 0 Å². The number of esters is 1. The van der Waals surface area contributed by atoms with Crippen molar-refractivity contribution in [3.8, 4) is 0 Å². The molecule has 0 saturated carbocycles. The van der Waals surface area contributed by atoms with E-state index in [0.717, 1.165) is 19.3 Å². The average molecular weight is 310 g/mol. The van der Waals surface area contributed by atoms with Crippen LogP contribution in [0.5, 0.6) is 0 Å². The second-order valence-corrected chi connectivity index (χ2v) is 6.44. The summed E-state index contributed by atoms with van der Waals surface area (Å²) in [5.74, 6) is -0.878. The Bertz CT molecular complexity index is 203. The largest absolute Gasteiger partial charge is 0.461 e. The first kappa shape index (κ1) is 16.6. The lowest BCUT2D eigenvalue weighted by Gasteiger charge is -2.13. The highest BCUT2D eigenvalue weighted by Crippen LogP contribution is 2.27. The van der Waals surface area contributed by atoms with Crippen molar-refractivity contribution < 1.29 is 9.53 Å². The van der Waals surface area contributed by atoms with Gasteiger partial charge >= 0.3 is 5.97 Å². The smallest absolute Gasteiger partial charge is 0.358 e. The van der Waals surface area contributed by atoms with E-state index >= 15 is 0 Å². The molecule has 16 heavy (non-hydrogen) atoms. The molecule has 0 aliphatic heterocycles. The number of hydrogen-bond acceptors (Lipinski definition) is 2. The highest BCUT2D eigenvalue weighted by atomic mass is 35.6. The first-order chi connectivity index (χ1) is 7.38. The highest BCUT2D eigenvalue weighted by Gasteiger charge is 2.32. The molecule has 2 nitrogen and oxygen atoms in total. The van der Waals surface area contributed by atoms with Gasteiger partial charge in [-0.15, -0.1) is 11.6 Å². The lowest BCUT2D eigenvalue weighted by Crippen LogP contribution is -2.25. The Balaban J connectivity index is 3.57. The molecule has 0 bridgehead atoms. The normalized spacial score (nSPS) is 13.6. The van der Waals surface area contributed by atoms with Crippen molar-refractivity contribution in [2.75, 3.05) is 6.61 Å². The summed E-state index contributed by atoms with van der Waals surface area (Å²) in [6, 6.07) is 0.